The first kappa shape index (κ1) is 14.5. The number of nitrogens with one attached hydrogen (secondary N) is 1. The van der Waals surface area contributed by atoms with Crippen LogP contribution in [0.25, 0.3) is 0 Å². The summed E-state index contributed by atoms with van der Waals surface area (Å²) in [5.41, 5.74) is -1.01. The third-order valence-electron chi connectivity index (χ3n) is 4.99. The minimum absolute atomic E-state index is 0.196. The summed E-state index contributed by atoms with van der Waals surface area (Å²) in [6.45, 7) is 2.19. The zero-order valence-electron chi connectivity index (χ0n) is 12.2. The lowest BCUT2D eigenvalue weighted by atomic mass is 9.88. The van der Waals surface area contributed by atoms with Crippen LogP contribution in [0.5, 0.6) is 0 Å². The summed E-state index contributed by atoms with van der Waals surface area (Å²) in [4.78, 5) is 27.2. The first-order valence-corrected chi connectivity index (χ1v) is 8.72. The van der Waals surface area contributed by atoms with Crippen LogP contribution in [0.3, 0.4) is 0 Å². The van der Waals surface area contributed by atoms with Crippen LogP contribution >= 0.6 is 22.9 Å². The second-order valence-electron chi connectivity index (χ2n) is 6.44. The molecule has 5 nitrogen and oxygen atoms in total. The fourth-order valence-electron chi connectivity index (χ4n) is 3.78. The van der Waals surface area contributed by atoms with Crippen molar-refractivity contribution in [2.24, 2.45) is 5.92 Å². The van der Waals surface area contributed by atoms with E-state index in [1.807, 2.05) is 0 Å². The van der Waals surface area contributed by atoms with Crippen LogP contribution < -0.4 is 5.32 Å². The second kappa shape index (κ2) is 4.94. The molecule has 0 spiro atoms. The van der Waals surface area contributed by atoms with Crippen LogP contribution in [0.2, 0.25) is 4.34 Å². The molecule has 1 N–H and O–H groups in total. The average molecular weight is 341 g/mol. The van der Waals surface area contributed by atoms with Gasteiger partial charge in [-0.1, -0.05) is 11.6 Å². The molecule has 0 radical (unpaired) electrons. The van der Waals surface area contributed by atoms with Crippen LogP contribution in [0.4, 0.5) is 4.79 Å². The number of hydrogen-bond acceptors (Lipinski definition) is 4. The number of rotatable bonds is 3. The number of hydrogen-bond donors (Lipinski definition) is 1. The molecule has 1 aromatic heterocycles. The molecule has 1 aromatic rings. The zero-order chi connectivity index (χ0) is 15.5. The molecular weight excluding hydrogens is 324 g/mol. The smallest absolute Gasteiger partial charge is 0.325 e. The number of ether oxygens (including phenoxy) is 1. The van der Waals surface area contributed by atoms with E-state index in [2.05, 4.69) is 5.32 Å². The molecule has 3 amide bonds. The minimum atomic E-state index is -1.01. The highest BCUT2D eigenvalue weighted by molar-refractivity contribution is 7.16. The van der Waals surface area contributed by atoms with Gasteiger partial charge in [-0.25, -0.2) is 4.79 Å². The van der Waals surface area contributed by atoms with Crippen molar-refractivity contribution >= 4 is 34.9 Å². The van der Waals surface area contributed by atoms with Crippen LogP contribution in [0, 0.1) is 5.92 Å². The Hall–Kier alpha value is -1.11. The average Bonchev–Trinajstić information content (AvgIpc) is 3.22. The second-order valence-corrected chi connectivity index (χ2v) is 8.16. The molecule has 4 heterocycles. The standard InChI is InChI=1S/C15H17ClN2O3S/c1-15(11-4-5-12(16)22-11)13(19)18(14(20)17-15)7-8-6-9-2-3-10(8)21-9/h4-5,8-10H,2-3,6-7H2,1H3,(H,17,20). The molecule has 2 bridgehead atoms. The largest absolute Gasteiger partial charge is 0.375 e. The number of halogens is 1. The number of thiophene rings is 1. The third-order valence-corrected chi connectivity index (χ3v) is 6.44. The topological polar surface area (TPSA) is 58.6 Å². The van der Waals surface area contributed by atoms with Crippen LogP contribution in [-0.4, -0.2) is 35.6 Å². The molecule has 118 valence electrons. The maximum atomic E-state index is 12.8. The van der Waals surface area contributed by atoms with Gasteiger partial charge in [0.05, 0.1) is 16.5 Å². The normalized spacial score (nSPS) is 37.2. The molecular formula is C15H17ClN2O3S. The molecule has 22 heavy (non-hydrogen) atoms. The van der Waals surface area contributed by atoms with Crippen molar-refractivity contribution in [1.82, 2.24) is 10.2 Å². The first-order valence-electron chi connectivity index (χ1n) is 7.53. The summed E-state index contributed by atoms with van der Waals surface area (Å²) in [5, 5.41) is 2.83. The maximum absolute atomic E-state index is 12.8. The Morgan fingerprint density at radius 2 is 2.27 bits per heavy atom. The van der Waals surface area contributed by atoms with Crippen molar-refractivity contribution in [3.8, 4) is 0 Å². The molecule has 4 rings (SSSR count). The third kappa shape index (κ3) is 2.08. The van der Waals surface area contributed by atoms with E-state index in [1.165, 1.54) is 16.2 Å². The summed E-state index contributed by atoms with van der Waals surface area (Å²) in [5.74, 6) is 0.0708. The summed E-state index contributed by atoms with van der Waals surface area (Å²) >= 11 is 7.29. The molecule has 0 aliphatic carbocycles. The summed E-state index contributed by atoms with van der Waals surface area (Å²) in [7, 11) is 0. The fourth-order valence-corrected chi connectivity index (χ4v) is 4.92. The van der Waals surface area contributed by atoms with Gasteiger partial charge in [-0.3, -0.25) is 9.69 Å². The van der Waals surface area contributed by atoms with E-state index in [1.54, 1.807) is 19.1 Å². The Morgan fingerprint density at radius 1 is 1.45 bits per heavy atom. The molecule has 3 fully saturated rings. The Labute approximate surface area is 137 Å². The van der Waals surface area contributed by atoms with Gasteiger partial charge in [-0.05, 0) is 38.3 Å². The fraction of sp³-hybridized carbons (Fsp3) is 0.600. The predicted molar refractivity (Wildman–Crippen MR) is 82.9 cm³/mol. The number of carbonyl (C=O) groups excluding carboxylic acids is 2. The quantitative estimate of drug-likeness (QED) is 0.861. The van der Waals surface area contributed by atoms with Gasteiger partial charge in [-0.2, -0.15) is 0 Å². The summed E-state index contributed by atoms with van der Waals surface area (Å²) in [6.07, 6.45) is 3.61. The van der Waals surface area contributed by atoms with Crippen molar-refractivity contribution in [3.05, 3.63) is 21.3 Å². The highest BCUT2D eigenvalue weighted by Crippen LogP contribution is 2.41. The monoisotopic (exact) mass is 340 g/mol. The van der Waals surface area contributed by atoms with E-state index in [0.717, 1.165) is 24.1 Å². The summed E-state index contributed by atoms with van der Waals surface area (Å²) < 4.78 is 6.43. The van der Waals surface area contributed by atoms with E-state index >= 15 is 0 Å². The van der Waals surface area contributed by atoms with E-state index < -0.39 is 5.54 Å². The van der Waals surface area contributed by atoms with Crippen molar-refractivity contribution < 1.29 is 14.3 Å². The van der Waals surface area contributed by atoms with Crippen molar-refractivity contribution in [2.45, 2.75) is 43.9 Å². The number of nitrogens with zero attached hydrogens (tertiary/aromatic N) is 1. The van der Waals surface area contributed by atoms with E-state index in [0.29, 0.717) is 17.0 Å². The molecule has 7 heteroatoms. The first-order chi connectivity index (χ1) is 10.5. The van der Waals surface area contributed by atoms with Gasteiger partial charge >= 0.3 is 6.03 Å². The number of imide groups is 1. The Balaban J connectivity index is 1.55. The lowest BCUT2D eigenvalue weighted by Crippen LogP contribution is -2.41. The zero-order valence-corrected chi connectivity index (χ0v) is 13.7. The van der Waals surface area contributed by atoms with E-state index in [9.17, 15) is 9.59 Å². The van der Waals surface area contributed by atoms with Crippen molar-refractivity contribution in [1.29, 1.82) is 0 Å². The number of amides is 3. The predicted octanol–water partition coefficient (Wildman–Crippen LogP) is 2.74. The van der Waals surface area contributed by atoms with Gasteiger partial charge in [0.1, 0.15) is 0 Å². The van der Waals surface area contributed by atoms with Crippen molar-refractivity contribution in [3.63, 3.8) is 0 Å². The molecule has 4 unspecified atom stereocenters. The Morgan fingerprint density at radius 3 is 2.86 bits per heavy atom. The van der Waals surface area contributed by atoms with Crippen LogP contribution in [-0.2, 0) is 15.1 Å². The summed E-state index contributed by atoms with van der Waals surface area (Å²) in [6, 6.07) is 3.23. The van der Waals surface area contributed by atoms with Gasteiger partial charge in [0, 0.05) is 17.3 Å². The van der Waals surface area contributed by atoms with Gasteiger partial charge < -0.3 is 10.1 Å². The van der Waals surface area contributed by atoms with Gasteiger partial charge in [0.25, 0.3) is 5.91 Å². The molecule has 0 aromatic carbocycles. The molecule has 3 saturated heterocycles. The number of urea groups is 1. The molecule has 3 aliphatic heterocycles. The number of fused-ring (bicyclic) bond motifs is 2. The lowest BCUT2D eigenvalue weighted by Gasteiger charge is -2.24. The van der Waals surface area contributed by atoms with Gasteiger partial charge in [-0.15, -0.1) is 11.3 Å². The SMILES string of the molecule is CC1(c2ccc(Cl)s2)NC(=O)N(CC2CC3CCC2O3)C1=O. The maximum Gasteiger partial charge on any atom is 0.325 e. The molecule has 0 saturated carbocycles. The van der Waals surface area contributed by atoms with Crippen molar-refractivity contribution in [2.75, 3.05) is 6.54 Å². The lowest BCUT2D eigenvalue weighted by molar-refractivity contribution is -0.131. The van der Waals surface area contributed by atoms with Crippen LogP contribution in [0.1, 0.15) is 31.1 Å². The minimum Gasteiger partial charge on any atom is -0.375 e. The van der Waals surface area contributed by atoms with Gasteiger partial charge in [0.15, 0.2) is 5.54 Å². The van der Waals surface area contributed by atoms with Gasteiger partial charge in [0.2, 0.25) is 0 Å². The van der Waals surface area contributed by atoms with Crippen LogP contribution in [0.15, 0.2) is 12.1 Å². The van der Waals surface area contributed by atoms with E-state index in [4.69, 9.17) is 16.3 Å². The Bertz CT molecular complexity index is 648. The highest BCUT2D eigenvalue weighted by atomic mass is 35.5. The Kier molecular flexibility index (Phi) is 3.25. The molecule has 4 atom stereocenters. The van der Waals surface area contributed by atoms with E-state index in [-0.39, 0.29) is 24.0 Å². The molecule has 3 aliphatic rings. The highest BCUT2D eigenvalue weighted by Gasteiger charge is 2.52. The number of carbonyl (C=O) groups is 2.